The number of hydrogen-bond donors (Lipinski definition) is 2. The van der Waals surface area contributed by atoms with E-state index in [0.717, 1.165) is 5.56 Å². The van der Waals surface area contributed by atoms with Crippen LogP contribution in [-0.2, 0) is 16.1 Å². The molecule has 1 heterocycles. The van der Waals surface area contributed by atoms with Gasteiger partial charge in [0.25, 0.3) is 11.8 Å². The van der Waals surface area contributed by atoms with Crippen LogP contribution in [0.4, 0.5) is 5.69 Å². The summed E-state index contributed by atoms with van der Waals surface area (Å²) in [6.45, 7) is 1.63. The number of carbonyl (C=O) groups is 3. The van der Waals surface area contributed by atoms with Crippen molar-refractivity contribution in [2.45, 2.75) is 19.6 Å². The van der Waals surface area contributed by atoms with E-state index < -0.39 is 12.0 Å². The first kappa shape index (κ1) is 20.3. The van der Waals surface area contributed by atoms with Crippen LogP contribution in [0.5, 0.6) is 0 Å². The molecule has 0 fully saturated rings. The average Bonchev–Trinajstić information content (AvgIpc) is 3.28. The lowest BCUT2D eigenvalue weighted by molar-refractivity contribution is -0.146. The third-order valence-corrected chi connectivity index (χ3v) is 4.94. The molecule has 6 nitrogen and oxygen atoms in total. The molecule has 1 unspecified atom stereocenters. The van der Waals surface area contributed by atoms with Crippen LogP contribution in [-0.4, -0.2) is 23.8 Å². The van der Waals surface area contributed by atoms with Crippen LogP contribution in [0.25, 0.3) is 0 Å². The zero-order chi connectivity index (χ0) is 20.6. The smallest absolute Gasteiger partial charge is 0.328 e. The van der Waals surface area contributed by atoms with Crippen molar-refractivity contribution in [2.24, 2.45) is 0 Å². The first-order valence-electron chi connectivity index (χ1n) is 8.99. The molecule has 1 aromatic heterocycles. The van der Waals surface area contributed by atoms with E-state index in [1.807, 2.05) is 30.3 Å². The number of ether oxygens (including phenoxy) is 1. The molecule has 0 saturated heterocycles. The maximum atomic E-state index is 12.2. The van der Waals surface area contributed by atoms with E-state index in [4.69, 9.17) is 4.74 Å². The van der Waals surface area contributed by atoms with E-state index >= 15 is 0 Å². The molecule has 3 rings (SSSR count). The molecule has 0 spiro atoms. The van der Waals surface area contributed by atoms with Gasteiger partial charge in [-0.05, 0) is 48.2 Å². The Morgan fingerprint density at radius 1 is 0.931 bits per heavy atom. The van der Waals surface area contributed by atoms with Crippen molar-refractivity contribution in [3.8, 4) is 0 Å². The molecule has 0 radical (unpaired) electrons. The van der Waals surface area contributed by atoms with Gasteiger partial charge in [-0.3, -0.25) is 9.59 Å². The third-order valence-electron chi connectivity index (χ3n) is 4.07. The van der Waals surface area contributed by atoms with Crippen molar-refractivity contribution in [1.29, 1.82) is 0 Å². The predicted octanol–water partition coefficient (Wildman–Crippen LogP) is 3.86. The Morgan fingerprint density at radius 3 is 2.31 bits per heavy atom. The summed E-state index contributed by atoms with van der Waals surface area (Å²) in [6, 6.07) is 18.7. The van der Waals surface area contributed by atoms with Crippen molar-refractivity contribution in [2.75, 3.05) is 5.32 Å². The normalized spacial score (nSPS) is 11.3. The summed E-state index contributed by atoms with van der Waals surface area (Å²) in [4.78, 5) is 36.9. The summed E-state index contributed by atoms with van der Waals surface area (Å²) in [5, 5.41) is 7.21. The van der Waals surface area contributed by atoms with E-state index in [2.05, 4.69) is 10.6 Å². The van der Waals surface area contributed by atoms with Crippen molar-refractivity contribution in [3.05, 3.63) is 88.1 Å². The quantitative estimate of drug-likeness (QED) is 0.582. The highest BCUT2D eigenvalue weighted by Crippen LogP contribution is 2.11. The molecule has 0 saturated carbocycles. The minimum Gasteiger partial charge on any atom is -0.459 e. The number of nitrogens with one attached hydrogen (secondary N) is 2. The highest BCUT2D eigenvalue weighted by Gasteiger charge is 2.18. The monoisotopic (exact) mass is 408 g/mol. The first-order chi connectivity index (χ1) is 14.0. The van der Waals surface area contributed by atoms with Gasteiger partial charge in [0, 0.05) is 11.3 Å². The Balaban J connectivity index is 1.48. The first-order valence-corrected chi connectivity index (χ1v) is 9.87. The second-order valence-electron chi connectivity index (χ2n) is 6.30. The summed E-state index contributed by atoms with van der Waals surface area (Å²) in [5.74, 6) is -1.05. The lowest BCUT2D eigenvalue weighted by atomic mass is 10.1. The summed E-state index contributed by atoms with van der Waals surface area (Å²) >= 11 is 1.30. The van der Waals surface area contributed by atoms with Gasteiger partial charge in [0.15, 0.2) is 0 Å². The number of carbonyl (C=O) groups excluding carboxylic acids is 3. The highest BCUT2D eigenvalue weighted by atomic mass is 32.1. The Morgan fingerprint density at radius 2 is 1.66 bits per heavy atom. The second kappa shape index (κ2) is 9.66. The van der Waals surface area contributed by atoms with Crippen LogP contribution in [0.2, 0.25) is 0 Å². The Hall–Kier alpha value is -3.45. The van der Waals surface area contributed by atoms with Gasteiger partial charge in [0.2, 0.25) is 0 Å². The molecule has 0 aliphatic carbocycles. The Kier molecular flexibility index (Phi) is 6.76. The number of amides is 2. The van der Waals surface area contributed by atoms with Gasteiger partial charge in [-0.25, -0.2) is 4.79 Å². The number of hydrogen-bond acceptors (Lipinski definition) is 5. The Labute approximate surface area is 172 Å². The lowest BCUT2D eigenvalue weighted by Crippen LogP contribution is -2.39. The van der Waals surface area contributed by atoms with Gasteiger partial charge >= 0.3 is 5.97 Å². The second-order valence-corrected chi connectivity index (χ2v) is 7.24. The lowest BCUT2D eigenvalue weighted by Gasteiger charge is -2.13. The molecule has 2 aromatic carbocycles. The maximum absolute atomic E-state index is 12.2. The van der Waals surface area contributed by atoms with Crippen molar-refractivity contribution in [3.63, 3.8) is 0 Å². The minimum atomic E-state index is -0.763. The third kappa shape index (κ3) is 5.76. The fourth-order valence-electron chi connectivity index (χ4n) is 2.49. The van der Waals surface area contributed by atoms with Crippen LogP contribution < -0.4 is 10.6 Å². The highest BCUT2D eigenvalue weighted by molar-refractivity contribution is 7.12. The molecular weight excluding hydrogens is 388 g/mol. The van der Waals surface area contributed by atoms with Crippen LogP contribution in [0.15, 0.2) is 72.1 Å². The number of rotatable bonds is 7. The summed E-state index contributed by atoms with van der Waals surface area (Å²) in [6.07, 6.45) is 0. The van der Waals surface area contributed by atoms with Crippen molar-refractivity contribution >= 4 is 34.8 Å². The van der Waals surface area contributed by atoms with E-state index in [-0.39, 0.29) is 18.4 Å². The maximum Gasteiger partial charge on any atom is 0.328 e. The zero-order valence-corrected chi connectivity index (χ0v) is 16.6. The van der Waals surface area contributed by atoms with E-state index in [0.29, 0.717) is 16.1 Å². The van der Waals surface area contributed by atoms with Gasteiger partial charge in [-0.15, -0.1) is 11.3 Å². The van der Waals surface area contributed by atoms with Crippen LogP contribution >= 0.6 is 11.3 Å². The molecule has 0 aliphatic rings. The predicted molar refractivity (Wildman–Crippen MR) is 112 cm³/mol. The molecule has 7 heteroatoms. The topological polar surface area (TPSA) is 84.5 Å². The average molecular weight is 408 g/mol. The van der Waals surface area contributed by atoms with Crippen LogP contribution in [0, 0.1) is 0 Å². The van der Waals surface area contributed by atoms with E-state index in [1.165, 1.54) is 11.3 Å². The molecular formula is C22H20N2O4S. The Bertz CT molecular complexity index is 970. The van der Waals surface area contributed by atoms with Gasteiger partial charge < -0.3 is 15.4 Å². The van der Waals surface area contributed by atoms with Gasteiger partial charge in [-0.1, -0.05) is 36.4 Å². The zero-order valence-electron chi connectivity index (χ0n) is 15.8. The molecule has 3 aromatic rings. The minimum absolute atomic E-state index is 0.0542. The molecule has 0 bridgehead atoms. The summed E-state index contributed by atoms with van der Waals surface area (Å²) in [5.41, 5.74) is 1.96. The van der Waals surface area contributed by atoms with E-state index in [9.17, 15) is 14.4 Å². The van der Waals surface area contributed by atoms with Gasteiger partial charge in [-0.2, -0.15) is 0 Å². The summed E-state index contributed by atoms with van der Waals surface area (Å²) in [7, 11) is 0. The van der Waals surface area contributed by atoms with Crippen LogP contribution in [0.3, 0.4) is 0 Å². The SMILES string of the molecule is CC(NC(=O)c1cccs1)C(=O)OCc1ccc(C(=O)Nc2ccccc2)cc1. The number of para-hydroxylation sites is 1. The largest absolute Gasteiger partial charge is 0.459 e. The molecule has 2 amide bonds. The molecule has 2 N–H and O–H groups in total. The van der Waals surface area contributed by atoms with Gasteiger partial charge in [0.05, 0.1) is 4.88 Å². The number of benzene rings is 2. The molecule has 148 valence electrons. The standard InChI is InChI=1S/C22H20N2O4S/c1-15(23-21(26)19-8-5-13-29-19)22(27)28-14-16-9-11-17(12-10-16)20(25)24-18-6-3-2-4-7-18/h2-13,15H,14H2,1H3,(H,23,26)(H,24,25). The molecule has 0 aliphatic heterocycles. The molecule has 1 atom stereocenters. The van der Waals surface area contributed by atoms with Gasteiger partial charge in [0.1, 0.15) is 12.6 Å². The fourth-order valence-corrected chi connectivity index (χ4v) is 3.12. The fraction of sp³-hybridized carbons (Fsp3) is 0.136. The number of esters is 1. The van der Waals surface area contributed by atoms with E-state index in [1.54, 1.807) is 48.7 Å². The number of thiophene rings is 1. The van der Waals surface area contributed by atoms with Crippen molar-refractivity contribution in [1.82, 2.24) is 5.32 Å². The van der Waals surface area contributed by atoms with Crippen LogP contribution in [0.1, 0.15) is 32.5 Å². The van der Waals surface area contributed by atoms with Crippen molar-refractivity contribution < 1.29 is 19.1 Å². The molecule has 29 heavy (non-hydrogen) atoms. The summed E-state index contributed by atoms with van der Waals surface area (Å²) < 4.78 is 5.25. The number of anilines is 1.